The molecule has 0 spiro atoms. The number of likely N-dealkylation sites (N-methyl/N-ethyl adjacent to an activating group) is 1. The standard InChI is InChI=1S/C16H20BrN3/c1-20(12-9-14-6-4-5-10-18-14)13-11-19-16-8-3-2-7-15(16)17/h2-8,10,19H,9,11-13H2,1H3. The Bertz CT molecular complexity index is 516. The van der Waals surface area contributed by atoms with E-state index in [0.717, 1.165) is 41.9 Å². The van der Waals surface area contributed by atoms with Crippen LogP contribution in [0.5, 0.6) is 0 Å². The van der Waals surface area contributed by atoms with Gasteiger partial charge < -0.3 is 10.2 Å². The van der Waals surface area contributed by atoms with Gasteiger partial charge in [-0.15, -0.1) is 0 Å². The van der Waals surface area contributed by atoms with Gasteiger partial charge in [0.2, 0.25) is 0 Å². The van der Waals surface area contributed by atoms with Crippen LogP contribution in [0.2, 0.25) is 0 Å². The zero-order chi connectivity index (χ0) is 14.2. The van der Waals surface area contributed by atoms with Gasteiger partial charge in [-0.05, 0) is 47.2 Å². The van der Waals surface area contributed by atoms with E-state index in [9.17, 15) is 0 Å². The van der Waals surface area contributed by atoms with Crippen LogP contribution in [0.1, 0.15) is 5.69 Å². The lowest BCUT2D eigenvalue weighted by molar-refractivity contribution is 0.350. The minimum atomic E-state index is 0.932. The number of hydrogen-bond acceptors (Lipinski definition) is 3. The molecule has 2 rings (SSSR count). The van der Waals surface area contributed by atoms with Crippen molar-refractivity contribution in [2.75, 3.05) is 32.0 Å². The predicted molar refractivity (Wildman–Crippen MR) is 88.1 cm³/mol. The Morgan fingerprint density at radius 2 is 1.90 bits per heavy atom. The predicted octanol–water partition coefficient (Wildman–Crippen LogP) is 3.43. The maximum Gasteiger partial charge on any atom is 0.0485 e. The molecule has 0 aliphatic heterocycles. The molecule has 1 N–H and O–H groups in total. The molecule has 106 valence electrons. The maximum atomic E-state index is 4.34. The number of pyridine rings is 1. The fraction of sp³-hybridized carbons (Fsp3) is 0.312. The van der Waals surface area contributed by atoms with Crippen molar-refractivity contribution in [3.8, 4) is 0 Å². The van der Waals surface area contributed by atoms with E-state index >= 15 is 0 Å². The van der Waals surface area contributed by atoms with E-state index in [1.54, 1.807) is 0 Å². The molecule has 2 aromatic rings. The first kappa shape index (κ1) is 15.0. The Labute approximate surface area is 129 Å². The molecule has 0 radical (unpaired) electrons. The van der Waals surface area contributed by atoms with Crippen molar-refractivity contribution in [1.82, 2.24) is 9.88 Å². The van der Waals surface area contributed by atoms with Crippen LogP contribution in [0.3, 0.4) is 0 Å². The fourth-order valence-corrected chi connectivity index (χ4v) is 2.37. The third kappa shape index (κ3) is 4.94. The number of nitrogens with one attached hydrogen (secondary N) is 1. The summed E-state index contributed by atoms with van der Waals surface area (Å²) >= 11 is 3.54. The second-order valence-corrected chi connectivity index (χ2v) is 5.64. The van der Waals surface area contributed by atoms with Crippen molar-refractivity contribution in [3.05, 3.63) is 58.8 Å². The molecule has 1 heterocycles. The second-order valence-electron chi connectivity index (χ2n) is 4.78. The summed E-state index contributed by atoms with van der Waals surface area (Å²) in [6.45, 7) is 2.96. The molecule has 0 unspecified atom stereocenters. The SMILES string of the molecule is CN(CCNc1ccccc1Br)CCc1ccccn1. The van der Waals surface area contributed by atoms with Crippen LogP contribution in [0.4, 0.5) is 5.69 Å². The summed E-state index contributed by atoms with van der Waals surface area (Å²) in [7, 11) is 2.14. The first-order valence-electron chi connectivity index (χ1n) is 6.82. The number of hydrogen-bond donors (Lipinski definition) is 1. The van der Waals surface area contributed by atoms with Gasteiger partial charge in [0, 0.05) is 48.1 Å². The van der Waals surface area contributed by atoms with E-state index in [0.29, 0.717) is 0 Å². The van der Waals surface area contributed by atoms with Crippen molar-refractivity contribution in [2.24, 2.45) is 0 Å². The van der Waals surface area contributed by atoms with Crippen LogP contribution < -0.4 is 5.32 Å². The third-order valence-corrected chi connectivity index (χ3v) is 3.85. The molecule has 0 saturated heterocycles. The Kier molecular flexibility index (Phi) is 6.02. The van der Waals surface area contributed by atoms with E-state index in [1.807, 2.05) is 36.5 Å². The summed E-state index contributed by atoms with van der Waals surface area (Å²) in [5.74, 6) is 0. The highest BCUT2D eigenvalue weighted by Crippen LogP contribution is 2.20. The number of benzene rings is 1. The first-order chi connectivity index (χ1) is 9.75. The smallest absolute Gasteiger partial charge is 0.0485 e. The highest BCUT2D eigenvalue weighted by molar-refractivity contribution is 9.10. The average Bonchev–Trinajstić information content (AvgIpc) is 2.48. The largest absolute Gasteiger partial charge is 0.383 e. The van der Waals surface area contributed by atoms with Gasteiger partial charge in [0.25, 0.3) is 0 Å². The topological polar surface area (TPSA) is 28.2 Å². The summed E-state index contributed by atoms with van der Waals surface area (Å²) in [6.07, 6.45) is 2.84. The van der Waals surface area contributed by atoms with Crippen LogP contribution in [-0.4, -0.2) is 36.6 Å². The van der Waals surface area contributed by atoms with Gasteiger partial charge in [-0.25, -0.2) is 0 Å². The van der Waals surface area contributed by atoms with Crippen LogP contribution in [-0.2, 0) is 6.42 Å². The minimum Gasteiger partial charge on any atom is -0.383 e. The van der Waals surface area contributed by atoms with E-state index in [4.69, 9.17) is 0 Å². The van der Waals surface area contributed by atoms with E-state index in [-0.39, 0.29) is 0 Å². The van der Waals surface area contributed by atoms with Gasteiger partial charge in [-0.3, -0.25) is 4.98 Å². The lowest BCUT2D eigenvalue weighted by Crippen LogP contribution is -2.27. The summed E-state index contributed by atoms with van der Waals surface area (Å²) in [5, 5.41) is 3.44. The average molecular weight is 334 g/mol. The summed E-state index contributed by atoms with van der Waals surface area (Å²) in [4.78, 5) is 6.66. The summed E-state index contributed by atoms with van der Waals surface area (Å²) in [6, 6.07) is 14.3. The second kappa shape index (κ2) is 8.02. The number of aromatic nitrogens is 1. The van der Waals surface area contributed by atoms with Gasteiger partial charge in [0.15, 0.2) is 0 Å². The monoisotopic (exact) mass is 333 g/mol. The molecular formula is C16H20BrN3. The van der Waals surface area contributed by atoms with Gasteiger partial charge in [-0.2, -0.15) is 0 Å². The molecule has 3 nitrogen and oxygen atoms in total. The van der Waals surface area contributed by atoms with Crippen LogP contribution in [0.25, 0.3) is 0 Å². The highest BCUT2D eigenvalue weighted by Gasteiger charge is 2.01. The zero-order valence-corrected chi connectivity index (χ0v) is 13.3. The van der Waals surface area contributed by atoms with Gasteiger partial charge >= 0.3 is 0 Å². The molecule has 1 aromatic carbocycles. The molecule has 0 amide bonds. The Morgan fingerprint density at radius 3 is 2.65 bits per heavy atom. The maximum absolute atomic E-state index is 4.34. The molecule has 0 bridgehead atoms. The number of anilines is 1. The molecule has 1 aromatic heterocycles. The van der Waals surface area contributed by atoms with Crippen LogP contribution >= 0.6 is 15.9 Å². The van der Waals surface area contributed by atoms with E-state index in [2.05, 4.69) is 50.3 Å². The molecule has 0 atom stereocenters. The normalized spacial score (nSPS) is 10.8. The van der Waals surface area contributed by atoms with Crippen LogP contribution in [0, 0.1) is 0 Å². The molecule has 0 aliphatic carbocycles. The van der Waals surface area contributed by atoms with E-state index < -0.39 is 0 Å². The number of nitrogens with zero attached hydrogens (tertiary/aromatic N) is 2. The summed E-state index contributed by atoms with van der Waals surface area (Å²) in [5.41, 5.74) is 2.30. The van der Waals surface area contributed by atoms with Gasteiger partial charge in [-0.1, -0.05) is 18.2 Å². The van der Waals surface area contributed by atoms with E-state index in [1.165, 1.54) is 0 Å². The lowest BCUT2D eigenvalue weighted by atomic mass is 10.2. The van der Waals surface area contributed by atoms with Gasteiger partial charge in [0.05, 0.1) is 0 Å². The fourth-order valence-electron chi connectivity index (χ4n) is 1.95. The van der Waals surface area contributed by atoms with Crippen molar-refractivity contribution >= 4 is 21.6 Å². The third-order valence-electron chi connectivity index (χ3n) is 3.16. The molecule has 0 aliphatic rings. The first-order valence-corrected chi connectivity index (χ1v) is 7.62. The van der Waals surface area contributed by atoms with Crippen molar-refractivity contribution < 1.29 is 0 Å². The molecule has 4 heteroatoms. The number of para-hydroxylation sites is 1. The Morgan fingerprint density at radius 1 is 1.10 bits per heavy atom. The van der Waals surface area contributed by atoms with Crippen molar-refractivity contribution in [3.63, 3.8) is 0 Å². The minimum absolute atomic E-state index is 0.932. The molecular weight excluding hydrogens is 314 g/mol. The zero-order valence-electron chi connectivity index (χ0n) is 11.7. The van der Waals surface area contributed by atoms with Crippen molar-refractivity contribution in [2.45, 2.75) is 6.42 Å². The molecule has 20 heavy (non-hydrogen) atoms. The highest BCUT2D eigenvalue weighted by atomic mass is 79.9. The lowest BCUT2D eigenvalue weighted by Gasteiger charge is -2.17. The molecule has 0 saturated carbocycles. The van der Waals surface area contributed by atoms with Crippen molar-refractivity contribution in [1.29, 1.82) is 0 Å². The summed E-state index contributed by atoms with van der Waals surface area (Å²) < 4.78 is 1.11. The number of halogens is 1. The van der Waals surface area contributed by atoms with Gasteiger partial charge in [0.1, 0.15) is 0 Å². The number of rotatable bonds is 7. The van der Waals surface area contributed by atoms with Crippen LogP contribution in [0.15, 0.2) is 53.1 Å². The Balaban J connectivity index is 1.68. The molecule has 0 fully saturated rings. The quantitative estimate of drug-likeness (QED) is 0.841. The Hall–Kier alpha value is -1.39.